The summed E-state index contributed by atoms with van der Waals surface area (Å²) in [4.78, 5) is 12.6. The lowest BCUT2D eigenvalue weighted by atomic mass is 10.1. The lowest BCUT2D eigenvalue weighted by Crippen LogP contribution is -2.27. The number of aryl methyl sites for hydroxylation is 2. The topological polar surface area (TPSA) is 43.3 Å². The maximum atomic E-state index is 12.6. The van der Waals surface area contributed by atoms with Crippen LogP contribution in [0.3, 0.4) is 0 Å². The first kappa shape index (κ1) is 17.7. The molecule has 0 saturated carbocycles. The molecule has 5 heteroatoms. The van der Waals surface area contributed by atoms with Gasteiger partial charge in [0.15, 0.2) is 0 Å². The minimum absolute atomic E-state index is 0.00652. The van der Waals surface area contributed by atoms with Crippen LogP contribution in [-0.2, 0) is 17.7 Å². The van der Waals surface area contributed by atoms with Crippen LogP contribution in [-0.4, -0.2) is 30.2 Å². The molecular formula is C20H24N2O2S. The van der Waals surface area contributed by atoms with Crippen molar-refractivity contribution in [3.63, 3.8) is 0 Å². The highest BCUT2D eigenvalue weighted by Gasteiger charge is 2.16. The summed E-state index contributed by atoms with van der Waals surface area (Å²) in [6.45, 7) is 4.81. The number of hydrogen-bond acceptors (Lipinski definition) is 3. The number of nitrogens with zero attached hydrogens (tertiary/aromatic N) is 1. The third kappa shape index (κ3) is 4.50. The Labute approximate surface area is 152 Å². The zero-order valence-electron chi connectivity index (χ0n) is 14.5. The van der Waals surface area contributed by atoms with Crippen molar-refractivity contribution in [2.24, 2.45) is 0 Å². The Kier molecular flexibility index (Phi) is 6.25. The summed E-state index contributed by atoms with van der Waals surface area (Å²) < 4.78 is 8.61. The summed E-state index contributed by atoms with van der Waals surface area (Å²) in [6.07, 6.45) is 1.74. The lowest BCUT2D eigenvalue weighted by Gasteiger charge is -2.11. The number of fused-ring (bicyclic) bond motifs is 1. The van der Waals surface area contributed by atoms with Crippen molar-refractivity contribution >= 4 is 27.5 Å². The predicted molar refractivity (Wildman–Crippen MR) is 103 cm³/mol. The molecule has 4 nitrogen and oxygen atoms in total. The average molecular weight is 356 g/mol. The van der Waals surface area contributed by atoms with E-state index in [1.807, 2.05) is 19.1 Å². The molecule has 0 saturated heterocycles. The minimum Gasteiger partial charge on any atom is -0.382 e. The van der Waals surface area contributed by atoms with E-state index in [4.69, 9.17) is 4.74 Å². The Bertz CT molecular complexity index is 808. The van der Waals surface area contributed by atoms with E-state index in [1.54, 1.807) is 11.3 Å². The molecule has 132 valence electrons. The second-order valence-electron chi connectivity index (χ2n) is 5.89. The van der Waals surface area contributed by atoms with Crippen LogP contribution in [0.4, 0.5) is 0 Å². The molecule has 0 atom stereocenters. The van der Waals surface area contributed by atoms with Gasteiger partial charge in [-0.3, -0.25) is 4.79 Å². The fourth-order valence-corrected chi connectivity index (χ4v) is 3.72. The number of aromatic nitrogens is 1. The van der Waals surface area contributed by atoms with Gasteiger partial charge in [-0.1, -0.05) is 30.3 Å². The minimum atomic E-state index is -0.00652. The monoisotopic (exact) mass is 356 g/mol. The second-order valence-corrected chi connectivity index (χ2v) is 6.84. The first-order valence-electron chi connectivity index (χ1n) is 8.76. The van der Waals surface area contributed by atoms with Crippen LogP contribution in [0.2, 0.25) is 0 Å². The molecule has 2 aromatic heterocycles. The van der Waals surface area contributed by atoms with Gasteiger partial charge in [0, 0.05) is 26.3 Å². The van der Waals surface area contributed by atoms with Crippen molar-refractivity contribution in [2.45, 2.75) is 26.3 Å². The third-order valence-electron chi connectivity index (χ3n) is 4.18. The number of carbonyl (C=O) groups is 1. The van der Waals surface area contributed by atoms with Crippen molar-refractivity contribution in [3.05, 3.63) is 59.1 Å². The van der Waals surface area contributed by atoms with E-state index in [2.05, 4.69) is 45.6 Å². The average Bonchev–Trinajstić information content (AvgIpc) is 3.22. The molecule has 3 rings (SSSR count). The van der Waals surface area contributed by atoms with Crippen molar-refractivity contribution < 1.29 is 9.53 Å². The summed E-state index contributed by atoms with van der Waals surface area (Å²) in [7, 11) is 0. The molecule has 1 N–H and O–H groups in total. The normalized spacial score (nSPS) is 11.1. The van der Waals surface area contributed by atoms with Gasteiger partial charge in [0.05, 0.1) is 10.2 Å². The number of nitrogens with one attached hydrogen (secondary N) is 1. The van der Waals surface area contributed by atoms with Crippen molar-refractivity contribution in [2.75, 3.05) is 19.8 Å². The van der Waals surface area contributed by atoms with Gasteiger partial charge < -0.3 is 14.6 Å². The van der Waals surface area contributed by atoms with Crippen molar-refractivity contribution in [3.8, 4) is 0 Å². The SMILES string of the molecule is CCOCCCNC(=O)c1cc2sccc2n1CCc1ccccc1. The number of rotatable bonds is 9. The van der Waals surface area contributed by atoms with Gasteiger partial charge in [-0.15, -0.1) is 11.3 Å². The molecule has 1 aromatic carbocycles. The Hall–Kier alpha value is -2.11. The van der Waals surface area contributed by atoms with E-state index in [9.17, 15) is 4.79 Å². The molecular weight excluding hydrogens is 332 g/mol. The predicted octanol–water partition coefficient (Wildman–Crippen LogP) is 4.10. The smallest absolute Gasteiger partial charge is 0.267 e. The summed E-state index contributed by atoms with van der Waals surface area (Å²) in [5.41, 5.74) is 3.16. The largest absolute Gasteiger partial charge is 0.382 e. The third-order valence-corrected chi connectivity index (χ3v) is 5.03. The van der Waals surface area contributed by atoms with Gasteiger partial charge in [0.25, 0.3) is 5.91 Å². The second kappa shape index (κ2) is 8.83. The molecule has 0 aliphatic heterocycles. The number of hydrogen-bond donors (Lipinski definition) is 1. The van der Waals surface area contributed by atoms with Crippen LogP contribution in [0.25, 0.3) is 10.2 Å². The Morgan fingerprint density at radius 1 is 1.24 bits per heavy atom. The Morgan fingerprint density at radius 2 is 2.08 bits per heavy atom. The first-order valence-corrected chi connectivity index (χ1v) is 9.64. The van der Waals surface area contributed by atoms with E-state index in [-0.39, 0.29) is 5.91 Å². The van der Waals surface area contributed by atoms with Crippen LogP contribution >= 0.6 is 11.3 Å². The van der Waals surface area contributed by atoms with E-state index in [0.29, 0.717) is 19.8 Å². The first-order chi connectivity index (χ1) is 12.3. The van der Waals surface area contributed by atoms with Gasteiger partial charge in [0.1, 0.15) is 5.69 Å². The maximum Gasteiger partial charge on any atom is 0.267 e. The molecule has 1 amide bonds. The number of benzene rings is 1. The summed E-state index contributed by atoms with van der Waals surface area (Å²) in [6, 6.07) is 14.5. The highest BCUT2D eigenvalue weighted by molar-refractivity contribution is 7.17. The Balaban J connectivity index is 1.69. The van der Waals surface area contributed by atoms with Crippen LogP contribution in [0.1, 0.15) is 29.4 Å². The summed E-state index contributed by atoms with van der Waals surface area (Å²) in [5.74, 6) is -0.00652. The van der Waals surface area contributed by atoms with Crippen LogP contribution < -0.4 is 5.32 Å². The standard InChI is InChI=1S/C20H24N2O2S/c1-2-24-13-6-11-21-20(23)18-15-19-17(10-14-25-19)22(18)12-9-16-7-4-3-5-8-16/h3-5,7-8,10,14-15H,2,6,9,11-13H2,1H3,(H,21,23). The summed E-state index contributed by atoms with van der Waals surface area (Å²) >= 11 is 1.68. The number of carbonyl (C=O) groups excluding carboxylic acids is 1. The number of ether oxygens (including phenoxy) is 1. The molecule has 0 unspecified atom stereocenters. The maximum absolute atomic E-state index is 12.6. The van der Waals surface area contributed by atoms with Crippen LogP contribution in [0, 0.1) is 0 Å². The molecule has 0 aliphatic carbocycles. The fraction of sp³-hybridized carbons (Fsp3) is 0.350. The quantitative estimate of drug-likeness (QED) is 0.587. The van der Waals surface area contributed by atoms with Crippen LogP contribution in [0.5, 0.6) is 0 Å². The van der Waals surface area contributed by atoms with E-state index in [1.165, 1.54) is 5.56 Å². The Morgan fingerprint density at radius 3 is 2.88 bits per heavy atom. The molecule has 0 fully saturated rings. The number of thiophene rings is 1. The fourth-order valence-electron chi connectivity index (χ4n) is 2.90. The van der Waals surface area contributed by atoms with E-state index >= 15 is 0 Å². The highest BCUT2D eigenvalue weighted by Crippen LogP contribution is 2.25. The van der Waals surface area contributed by atoms with Gasteiger partial charge in [-0.25, -0.2) is 0 Å². The summed E-state index contributed by atoms with van der Waals surface area (Å²) in [5, 5.41) is 5.09. The van der Waals surface area contributed by atoms with Gasteiger partial charge in [-0.2, -0.15) is 0 Å². The molecule has 0 aliphatic rings. The van der Waals surface area contributed by atoms with E-state index < -0.39 is 0 Å². The molecule has 0 radical (unpaired) electrons. The van der Waals surface area contributed by atoms with Crippen molar-refractivity contribution in [1.82, 2.24) is 9.88 Å². The molecule has 2 heterocycles. The van der Waals surface area contributed by atoms with Gasteiger partial charge in [-0.05, 0) is 42.8 Å². The van der Waals surface area contributed by atoms with Crippen LogP contribution in [0.15, 0.2) is 47.8 Å². The van der Waals surface area contributed by atoms with Crippen molar-refractivity contribution in [1.29, 1.82) is 0 Å². The highest BCUT2D eigenvalue weighted by atomic mass is 32.1. The molecule has 3 aromatic rings. The lowest BCUT2D eigenvalue weighted by molar-refractivity contribution is 0.0935. The molecule has 0 spiro atoms. The molecule has 25 heavy (non-hydrogen) atoms. The van der Waals surface area contributed by atoms with Gasteiger partial charge >= 0.3 is 0 Å². The zero-order chi connectivity index (χ0) is 17.5. The molecule has 0 bridgehead atoms. The van der Waals surface area contributed by atoms with Gasteiger partial charge in [0.2, 0.25) is 0 Å². The van der Waals surface area contributed by atoms with E-state index in [0.717, 1.165) is 35.3 Å². The number of amides is 1. The zero-order valence-corrected chi connectivity index (χ0v) is 15.3.